The lowest BCUT2D eigenvalue weighted by Crippen LogP contribution is -2.48. The van der Waals surface area contributed by atoms with Gasteiger partial charge in [0.2, 0.25) is 0 Å². The lowest BCUT2D eigenvalue weighted by atomic mass is 9.96. The second kappa shape index (κ2) is 25.2. The molecule has 5 N–H and O–H groups in total. The van der Waals surface area contributed by atoms with E-state index in [1.54, 1.807) is 12.1 Å². The van der Waals surface area contributed by atoms with Gasteiger partial charge in [0.1, 0.15) is 42.1 Å². The maximum atomic E-state index is 14.1. The third-order valence-corrected chi connectivity index (χ3v) is 11.1. The van der Waals surface area contributed by atoms with Crippen LogP contribution in [0, 0.1) is 17.1 Å². The number of aliphatic imine (C=N–C) groups is 1. The van der Waals surface area contributed by atoms with E-state index in [1.165, 1.54) is 94.0 Å². The molecule has 1 saturated heterocycles. The summed E-state index contributed by atoms with van der Waals surface area (Å²) in [5.41, 5.74) is 5.39. The molecule has 0 radical (unpaired) electrons. The number of halogens is 1. The number of hydrogen-bond donors (Lipinski definition) is 4. The number of fused-ring (bicyclic) bond motifs is 1. The molecule has 1 fully saturated rings. The Bertz CT molecular complexity index is 1860. The van der Waals surface area contributed by atoms with Crippen molar-refractivity contribution < 1.29 is 47.3 Å². The molecule has 0 amide bonds. The topological polar surface area (TPSA) is 216 Å². The van der Waals surface area contributed by atoms with Crippen LogP contribution >= 0.6 is 7.82 Å². The summed E-state index contributed by atoms with van der Waals surface area (Å²) in [5, 5.41) is 35.6. The standard InChI is InChI=1S/C42H62FN6O9P/c1-3-4-5-6-7-8-9-10-11-12-13-14-15-16-17-18-21-54-27-35(55-26-33-22-32(25-44)23-34(43)24-33)28-56-59(52,53)57-30-42(29-46-2)40(51)38(50)39(58-42)36-19-20-37-41(45)47-31-48-49(36)37/h10-11,19-20,22-24,29,31,35,38-40,50-51H,3-9,12-18,21,26-28,30H2,1-2H3,(H,52,53)(H2,45,47,48)/b11-10+,46-29-/t35-,38+,39+,40+,42-/m1/s1. The molecule has 3 aromatic rings. The summed E-state index contributed by atoms with van der Waals surface area (Å²) < 4.78 is 57.3. The molecular formula is C42H62FN6O9P. The maximum Gasteiger partial charge on any atom is 0.472 e. The molecule has 326 valence electrons. The van der Waals surface area contributed by atoms with Crippen LogP contribution in [0.15, 0.2) is 53.8 Å². The molecule has 2 aromatic heterocycles. The van der Waals surface area contributed by atoms with E-state index < -0.39 is 56.9 Å². The maximum absolute atomic E-state index is 14.1. The molecule has 17 heteroatoms. The summed E-state index contributed by atoms with van der Waals surface area (Å²) in [6, 6.07) is 8.96. The Morgan fingerprint density at radius 2 is 1.73 bits per heavy atom. The van der Waals surface area contributed by atoms with Gasteiger partial charge in [0.15, 0.2) is 11.4 Å². The van der Waals surface area contributed by atoms with Gasteiger partial charge in [0.05, 0.1) is 43.8 Å². The highest BCUT2D eigenvalue weighted by molar-refractivity contribution is 7.47. The van der Waals surface area contributed by atoms with Gasteiger partial charge in [-0.1, -0.05) is 76.9 Å². The van der Waals surface area contributed by atoms with Crippen molar-refractivity contribution in [2.45, 2.75) is 133 Å². The van der Waals surface area contributed by atoms with Gasteiger partial charge in [0.25, 0.3) is 0 Å². The lowest BCUT2D eigenvalue weighted by Gasteiger charge is -2.28. The highest BCUT2D eigenvalue weighted by Gasteiger charge is 2.55. The Balaban J connectivity index is 1.24. The quantitative estimate of drug-likeness (QED) is 0.0233. The number of aliphatic hydroxyl groups is 2. The van der Waals surface area contributed by atoms with Crippen molar-refractivity contribution in [2.24, 2.45) is 4.99 Å². The number of nitrogens with two attached hydrogens (primary N) is 1. The number of hydrogen-bond acceptors (Lipinski definition) is 13. The van der Waals surface area contributed by atoms with Gasteiger partial charge in [-0.3, -0.25) is 14.0 Å². The Hall–Kier alpha value is -3.62. The fourth-order valence-electron chi connectivity index (χ4n) is 6.96. The first kappa shape index (κ1) is 48.1. The predicted molar refractivity (Wildman–Crippen MR) is 222 cm³/mol. The Kier molecular flexibility index (Phi) is 20.5. The van der Waals surface area contributed by atoms with E-state index in [-0.39, 0.29) is 24.6 Å². The molecule has 0 spiro atoms. The molecule has 0 bridgehead atoms. The molecule has 3 heterocycles. The zero-order chi connectivity index (χ0) is 42.5. The highest BCUT2D eigenvalue weighted by Crippen LogP contribution is 2.47. The number of phosphoric acid groups is 1. The molecule has 1 aromatic carbocycles. The lowest BCUT2D eigenvalue weighted by molar-refractivity contribution is -0.0702. The normalized spacial score (nSPS) is 21.1. The molecule has 15 nitrogen and oxygen atoms in total. The number of nitrogen functional groups attached to an aromatic ring is 1. The fourth-order valence-corrected chi connectivity index (χ4v) is 7.75. The van der Waals surface area contributed by atoms with Crippen LogP contribution in [0.3, 0.4) is 0 Å². The molecular weight excluding hydrogens is 782 g/mol. The number of unbranched alkanes of at least 4 members (excludes halogenated alkanes) is 12. The molecule has 1 aliphatic heterocycles. The van der Waals surface area contributed by atoms with Gasteiger partial charge in [-0.05, 0) is 68.0 Å². The summed E-state index contributed by atoms with van der Waals surface area (Å²) in [7, 11) is -3.44. The SMILES string of the molecule is CCCCCCCC/C=C/CCCCCCCCOC[C@H](COP(=O)(O)OC[C@@]1(/C=N\C)O[C@@H](c2ccc3c(N)ncnn23)[C@H](O)[C@@H]1O)OCc1cc(F)cc(C#N)c1. The molecule has 1 aliphatic rings. The number of aromatic nitrogens is 3. The first-order valence-electron chi connectivity index (χ1n) is 20.7. The molecule has 1 unspecified atom stereocenters. The van der Waals surface area contributed by atoms with Gasteiger partial charge < -0.3 is 35.1 Å². The van der Waals surface area contributed by atoms with Crippen LogP contribution in [-0.2, 0) is 34.4 Å². The first-order valence-corrected chi connectivity index (χ1v) is 22.2. The van der Waals surface area contributed by atoms with E-state index in [9.17, 15) is 29.3 Å². The van der Waals surface area contributed by atoms with E-state index in [0.29, 0.717) is 23.4 Å². The third-order valence-electron chi connectivity index (χ3n) is 10.2. The number of allylic oxidation sites excluding steroid dienone is 2. The number of benzene rings is 1. The average Bonchev–Trinajstić information content (AvgIpc) is 3.76. The van der Waals surface area contributed by atoms with E-state index in [2.05, 4.69) is 34.2 Å². The third kappa shape index (κ3) is 15.4. The number of nitriles is 1. The minimum Gasteiger partial charge on any atom is -0.387 e. The van der Waals surface area contributed by atoms with Crippen LogP contribution < -0.4 is 5.73 Å². The fraction of sp³-hybridized carbons (Fsp3) is 0.619. The number of ether oxygens (including phenoxy) is 3. The van der Waals surface area contributed by atoms with Crippen LogP contribution in [0.4, 0.5) is 10.2 Å². The minimum absolute atomic E-state index is 0.00698. The van der Waals surface area contributed by atoms with Crippen molar-refractivity contribution in [2.75, 3.05) is 39.2 Å². The first-order chi connectivity index (χ1) is 28.5. The van der Waals surface area contributed by atoms with Crippen LogP contribution in [0.5, 0.6) is 0 Å². The summed E-state index contributed by atoms with van der Waals surface area (Å²) in [4.78, 5) is 18.7. The number of phosphoric ester groups is 1. The Morgan fingerprint density at radius 1 is 1.03 bits per heavy atom. The summed E-state index contributed by atoms with van der Waals surface area (Å²) in [5.74, 6) is -0.410. The van der Waals surface area contributed by atoms with Crippen molar-refractivity contribution in [3.05, 3.63) is 71.4 Å². The van der Waals surface area contributed by atoms with E-state index in [1.807, 2.05) is 6.07 Å². The highest BCUT2D eigenvalue weighted by atomic mass is 31.2. The monoisotopic (exact) mass is 844 g/mol. The van der Waals surface area contributed by atoms with Crippen molar-refractivity contribution >= 4 is 25.4 Å². The summed E-state index contributed by atoms with van der Waals surface area (Å²) in [6.45, 7) is 1.35. The number of aliphatic hydroxyl groups excluding tert-OH is 2. The van der Waals surface area contributed by atoms with Gasteiger partial charge >= 0.3 is 7.82 Å². The zero-order valence-electron chi connectivity index (χ0n) is 34.4. The van der Waals surface area contributed by atoms with Crippen molar-refractivity contribution in [1.29, 1.82) is 5.26 Å². The van der Waals surface area contributed by atoms with Crippen molar-refractivity contribution in [1.82, 2.24) is 14.6 Å². The smallest absolute Gasteiger partial charge is 0.387 e. The van der Waals surface area contributed by atoms with Crippen LogP contribution in [0.25, 0.3) is 5.52 Å². The predicted octanol–water partition coefficient (Wildman–Crippen LogP) is 7.33. The van der Waals surface area contributed by atoms with E-state index >= 15 is 0 Å². The van der Waals surface area contributed by atoms with Crippen molar-refractivity contribution in [3.63, 3.8) is 0 Å². The van der Waals surface area contributed by atoms with Gasteiger partial charge in [0, 0.05) is 19.9 Å². The Morgan fingerprint density at radius 3 is 2.42 bits per heavy atom. The van der Waals surface area contributed by atoms with E-state index in [0.717, 1.165) is 38.2 Å². The van der Waals surface area contributed by atoms with Gasteiger partial charge in [-0.2, -0.15) is 10.4 Å². The summed E-state index contributed by atoms with van der Waals surface area (Å²) >= 11 is 0. The van der Waals surface area contributed by atoms with Crippen LogP contribution in [-0.4, -0.2) is 93.3 Å². The van der Waals surface area contributed by atoms with Crippen molar-refractivity contribution in [3.8, 4) is 6.07 Å². The largest absolute Gasteiger partial charge is 0.472 e. The zero-order valence-corrected chi connectivity index (χ0v) is 35.3. The van der Waals surface area contributed by atoms with Gasteiger partial charge in [-0.15, -0.1) is 0 Å². The minimum atomic E-state index is -4.85. The molecule has 6 atom stereocenters. The van der Waals surface area contributed by atoms with Gasteiger partial charge in [-0.25, -0.2) is 18.5 Å². The molecule has 0 aliphatic carbocycles. The second-order valence-electron chi connectivity index (χ2n) is 15.0. The van der Waals surface area contributed by atoms with Crippen LogP contribution in [0.2, 0.25) is 0 Å². The number of nitrogens with zero attached hydrogens (tertiary/aromatic N) is 5. The molecule has 59 heavy (non-hydrogen) atoms. The number of rotatable bonds is 29. The molecule has 4 rings (SSSR count). The van der Waals surface area contributed by atoms with E-state index in [4.69, 9.17) is 29.0 Å². The van der Waals surface area contributed by atoms with Crippen LogP contribution in [0.1, 0.15) is 120 Å². The Labute approximate surface area is 347 Å². The second-order valence-corrected chi connectivity index (χ2v) is 16.4. The summed E-state index contributed by atoms with van der Waals surface area (Å²) in [6.07, 6.45) is 18.5. The number of anilines is 1. The average molecular weight is 845 g/mol. The molecule has 0 saturated carbocycles.